The summed E-state index contributed by atoms with van der Waals surface area (Å²) in [4.78, 5) is 117. The van der Waals surface area contributed by atoms with Crippen LogP contribution in [0.4, 0.5) is 13.2 Å². The van der Waals surface area contributed by atoms with Crippen molar-refractivity contribution in [2.45, 2.75) is 184 Å². The van der Waals surface area contributed by atoms with Gasteiger partial charge in [0.25, 0.3) is 0 Å². The summed E-state index contributed by atoms with van der Waals surface area (Å²) in [5, 5.41) is 35.0. The molecule has 0 saturated carbocycles. The first-order valence-corrected chi connectivity index (χ1v) is 52.5. The summed E-state index contributed by atoms with van der Waals surface area (Å²) in [6, 6.07) is 45.6. The van der Waals surface area contributed by atoms with Gasteiger partial charge in [-0.05, 0) is 245 Å². The van der Waals surface area contributed by atoms with Crippen LogP contribution in [0.25, 0.3) is 33.4 Å². The van der Waals surface area contributed by atoms with E-state index in [1.165, 1.54) is 84.0 Å². The number of aromatic amines is 5. The van der Waals surface area contributed by atoms with Crippen LogP contribution < -0.4 is 0 Å². The maximum atomic E-state index is 15.3. The predicted molar refractivity (Wildman–Crippen MR) is 518 cm³/mol. The van der Waals surface area contributed by atoms with Crippen molar-refractivity contribution in [3.63, 3.8) is 0 Å². The molecule has 710 valence electrons. The number of nitrogens with one attached hydrogen (secondary N) is 5. The molecule has 0 unspecified atom stereocenters. The minimum absolute atomic E-state index is 0.0480. The number of aromatic carboxylic acids is 4. The second-order valence-electron chi connectivity index (χ2n) is 32.3. The number of hydrogen-bond acceptors (Lipinski definition) is 16. The Kier molecular flexibility index (Phi) is 45.4. The molecule has 6 aromatic heterocycles. The molecule has 1 aliphatic heterocycles. The van der Waals surface area contributed by atoms with Gasteiger partial charge in [-0.15, -0.1) is 17.4 Å². The topological polar surface area (TPSA) is 369 Å². The third-order valence-electron chi connectivity index (χ3n) is 19.7. The van der Waals surface area contributed by atoms with Gasteiger partial charge in [0.1, 0.15) is 50.5 Å². The van der Waals surface area contributed by atoms with E-state index in [0.29, 0.717) is 110 Å². The van der Waals surface area contributed by atoms with Gasteiger partial charge in [-0.2, -0.15) is 18.6 Å². The molecule has 0 bridgehead atoms. The van der Waals surface area contributed by atoms with Crippen molar-refractivity contribution in [1.29, 1.82) is 0 Å². The van der Waals surface area contributed by atoms with Crippen molar-refractivity contribution in [3.8, 4) is 33.4 Å². The van der Waals surface area contributed by atoms with Crippen molar-refractivity contribution in [1.82, 2.24) is 24.9 Å². The second kappa shape index (κ2) is 54.7. The fourth-order valence-electron chi connectivity index (χ4n) is 13.5. The van der Waals surface area contributed by atoms with Crippen molar-refractivity contribution in [3.05, 3.63) is 320 Å². The summed E-state index contributed by atoms with van der Waals surface area (Å²) in [5.41, 5.74) is 14.0. The quantitative estimate of drug-likeness (QED) is 0.00723. The molecule has 32 heteroatoms. The molecule has 0 radical (unpaired) electrons. The molecule has 9 N–H and O–H groups in total. The van der Waals surface area contributed by atoms with E-state index < -0.39 is 64.6 Å². The molecular weight excluding hydrogens is 1990 g/mol. The Morgan fingerprint density at radius 1 is 0.455 bits per heavy atom. The number of hydrogen-bond donors (Lipinski definition) is 9. The fourth-order valence-corrected chi connectivity index (χ4v) is 15.7. The number of rotatable bonds is 28. The summed E-state index contributed by atoms with van der Waals surface area (Å²) in [6.07, 6.45) is 13.3. The number of carbonyl (C=O) groups excluding carboxylic acids is 5. The molecule has 0 spiro atoms. The van der Waals surface area contributed by atoms with Crippen molar-refractivity contribution in [2.24, 2.45) is 0 Å². The predicted octanol–water partition coefficient (Wildman–Crippen LogP) is 25.3. The first-order chi connectivity index (χ1) is 63.7. The first kappa shape index (κ1) is 111. The zero-order chi connectivity index (χ0) is 99.3. The second-order valence-corrected chi connectivity index (χ2v) is 35.5. The van der Waals surface area contributed by atoms with Crippen LogP contribution >= 0.6 is 56.8 Å². The third-order valence-corrected chi connectivity index (χ3v) is 22.4. The molecule has 24 nitrogen and oxygen atoms in total. The number of ketones is 1. The van der Waals surface area contributed by atoms with E-state index in [1.807, 2.05) is 72.7 Å². The van der Waals surface area contributed by atoms with Gasteiger partial charge in [0, 0.05) is 54.4 Å². The van der Waals surface area contributed by atoms with E-state index >= 15 is 4.39 Å². The Morgan fingerprint density at radius 2 is 0.881 bits per heavy atom. The molecule has 6 aromatic carbocycles. The van der Waals surface area contributed by atoms with Crippen LogP contribution in [0.5, 0.6) is 0 Å². The monoisotopic (exact) mass is 2100 g/mol. The molecule has 1 saturated heterocycles. The van der Waals surface area contributed by atoms with Gasteiger partial charge in [-0.1, -0.05) is 159 Å². The summed E-state index contributed by atoms with van der Waals surface area (Å²) in [7, 11) is 2.71. The minimum atomic E-state index is -1.06. The Hall–Kier alpha value is -11.5. The van der Waals surface area contributed by atoms with Crippen LogP contribution in [0.2, 0.25) is 0 Å². The zero-order valence-corrected chi connectivity index (χ0v) is 86.0. The molecular formula is C102H113Br3F3N5O19SZn. The summed E-state index contributed by atoms with van der Waals surface area (Å²) in [5.74, 6) is -6.69. The number of aromatic nitrogens is 5. The first-order valence-electron chi connectivity index (χ1n) is 43.2. The molecule has 13 rings (SSSR count). The number of benzene rings is 6. The average molecular weight is 2110 g/mol. The number of methoxy groups -OCH3 is 2. The molecule has 7 heterocycles. The number of H-pyrrole nitrogens is 5. The number of carboxylic acid groups (broad SMARTS) is 4. The van der Waals surface area contributed by atoms with E-state index in [-0.39, 0.29) is 46.5 Å². The van der Waals surface area contributed by atoms with E-state index in [2.05, 4.69) is 116 Å². The number of thiophene rings is 1. The Balaban J connectivity index is 0.000000250. The molecule has 12 aromatic rings. The Morgan fingerprint density at radius 3 is 1.31 bits per heavy atom. The van der Waals surface area contributed by atoms with E-state index in [1.54, 1.807) is 116 Å². The molecule has 1 fully saturated rings. The summed E-state index contributed by atoms with van der Waals surface area (Å²) < 4.78 is 77.2. The van der Waals surface area contributed by atoms with Crippen molar-refractivity contribution in [2.75, 3.05) is 27.4 Å². The Bertz CT molecular complexity index is 5950. The van der Waals surface area contributed by atoms with Crippen LogP contribution in [-0.4, -0.2) is 138 Å². The van der Waals surface area contributed by atoms with E-state index in [0.717, 1.165) is 112 Å². The summed E-state index contributed by atoms with van der Waals surface area (Å²) in [6.45, 7) is 27.8. The third kappa shape index (κ3) is 34.1. The fraction of sp³-hybridized carbons (Fsp3) is 0.314. The summed E-state index contributed by atoms with van der Waals surface area (Å²) >= 11 is 12.4. The number of esters is 4. The van der Waals surface area contributed by atoms with Crippen LogP contribution in [0, 0.1) is 24.4 Å². The van der Waals surface area contributed by atoms with Gasteiger partial charge in [0.15, 0.2) is 12.1 Å². The SMILES string of the molecule is CCC(=O)c1c[nH]c(C(=O)O)c1.CCCc1c[nH]c(C(=O)O)c1.CCCc1cc(C(=O)O)[nH]c1Br.CCCc1cc(C(=O)OC)[nH]c1Cc1ccc(-c2ccccc2C(=O)O)cc1F.CCCc1cc(C(=O)OC)sc1Br.CCCc1cc(C2OCCO2)[nH]c1Cc1ccc(-c2ccccc2C(=O)OC(C)(C)C)cc1F.[CH2-]c1ccc(-c2ccccc2C(=O)OC(C)(C)C)cc1F.[Zn+][Br]. The van der Waals surface area contributed by atoms with Crippen LogP contribution in [0.15, 0.2) is 185 Å². The number of carbonyl (C=O) groups is 9. The van der Waals surface area contributed by atoms with Gasteiger partial charge >= 0.3 is 77.7 Å². The number of carboxylic acids is 4. The van der Waals surface area contributed by atoms with Crippen molar-refractivity contribution < 1.29 is 122 Å². The van der Waals surface area contributed by atoms with E-state index in [4.69, 9.17) is 39.0 Å². The number of ether oxygens (including phenoxy) is 6. The van der Waals surface area contributed by atoms with Gasteiger partial charge in [0.05, 0.1) is 58.2 Å². The molecule has 0 aliphatic carbocycles. The van der Waals surface area contributed by atoms with Crippen molar-refractivity contribution >= 4 is 110 Å². The van der Waals surface area contributed by atoms with Gasteiger partial charge < -0.3 is 73.8 Å². The zero-order valence-electron chi connectivity index (χ0n) is 77.4. The number of Topliss-reactive ketones (excluding diaryl/α,β-unsaturated/α-hetero) is 1. The number of aryl methyl sites for hydroxylation is 5. The van der Waals surface area contributed by atoms with Crippen LogP contribution in [0.3, 0.4) is 0 Å². The molecule has 0 amide bonds. The van der Waals surface area contributed by atoms with E-state index in [9.17, 15) is 57.0 Å². The molecule has 134 heavy (non-hydrogen) atoms. The average Bonchev–Trinajstić information content (AvgIpc) is 1.03. The van der Waals surface area contributed by atoms with Crippen LogP contribution in [-0.2, 0) is 89.7 Å². The molecule has 1 aliphatic rings. The number of halogens is 6. The molecule has 0 atom stereocenters. The van der Waals surface area contributed by atoms with Gasteiger partial charge in [-0.3, -0.25) is 9.18 Å². The van der Waals surface area contributed by atoms with Gasteiger partial charge in [-0.25, -0.2) is 47.1 Å². The maximum absolute atomic E-state index is 15.3. The van der Waals surface area contributed by atoms with Gasteiger partial charge in [0.2, 0.25) is 0 Å². The van der Waals surface area contributed by atoms with Crippen LogP contribution in [0.1, 0.15) is 283 Å². The normalized spacial score (nSPS) is 11.4. The Labute approximate surface area is 816 Å². The standard InChI is InChI=1S/C28H32FNO4.C23H22FNO4.C18H18FO2.C9H11BrO2S.C8H10BrNO2.C8H9NO3.C8H11NO2.BrH.Zn/c1-5-8-20-17-25(27-32-13-14-33-27)30-24(20)16-19-12-11-18(15-23(19)29)21-9-6-7-10-22(21)26(31)34-28(2,3)4;1-3-6-16-13-21(23(28)29-2)25-20(16)12-15-10-9-14(11-19(15)24)17-7-4-5-8-18(17)22(26)27;1-12-9-10-13(11-16(12)19)14-7-5-6-8-15(14)17(20)21-18(2,3)4;1-3-4-6-5-7(9(11)12-2)13-8(6)10;1-2-3-5-4-6(8(11)12)10-7(5)9;1-2-7(10)5-3-6(8(11)12)9-4-5;1-2-3-6-4-7(8(10)11)9-5-6;;/h6-7,9-12,15,17,27,30H,5,8,13-14,16H2,1-4H3;4-5,7-11,13,25H,3,6,12H2,1-2H3,(H,26,27);5-11H,1H2,2-4H3;5H,3-4H2,1-2H3;4,10H,2-3H2,1H3,(H,11,12);3-4,9H,2H2,1H3,(H,11,12);4-5,9H,2-3H2,1H3,(H,10,11);1H;/q;;-1;;;;;;+2/p-1.